The normalized spacial score (nSPS) is 16.9. The van der Waals surface area contributed by atoms with Crippen LogP contribution in [0.5, 0.6) is 0 Å². The van der Waals surface area contributed by atoms with Gasteiger partial charge in [-0.3, -0.25) is 10.3 Å². The van der Waals surface area contributed by atoms with E-state index in [9.17, 15) is 0 Å². The summed E-state index contributed by atoms with van der Waals surface area (Å²) < 4.78 is 0. The maximum atomic E-state index is 5.90. The molecule has 23 heavy (non-hydrogen) atoms. The number of nitrogens with one attached hydrogen (secondary N) is 1. The van der Waals surface area contributed by atoms with Crippen LogP contribution in [0, 0.1) is 0 Å². The molecular weight excluding hydrogens is 308 g/mol. The number of halogens is 1. The van der Waals surface area contributed by atoms with E-state index < -0.39 is 0 Å². The Balaban J connectivity index is 1.74. The van der Waals surface area contributed by atoms with Crippen LogP contribution in [-0.4, -0.2) is 31.1 Å². The highest BCUT2D eigenvalue weighted by atomic mass is 35.5. The molecule has 1 N–H and O–H groups in total. The van der Waals surface area contributed by atoms with Gasteiger partial charge in [0, 0.05) is 11.6 Å². The average Bonchev–Trinajstić information content (AvgIpc) is 2.59. The third-order valence-corrected chi connectivity index (χ3v) is 4.15. The second-order valence-electron chi connectivity index (χ2n) is 5.81. The molecule has 0 bridgehead atoms. The smallest absolute Gasteiger partial charge is 0.0873 e. The number of benzene rings is 1. The van der Waals surface area contributed by atoms with Gasteiger partial charge in [0.15, 0.2) is 0 Å². The highest BCUT2D eigenvalue weighted by Crippen LogP contribution is 2.11. The highest BCUT2D eigenvalue weighted by Gasteiger charge is 2.09. The van der Waals surface area contributed by atoms with E-state index in [2.05, 4.69) is 29.5 Å². The van der Waals surface area contributed by atoms with Crippen LogP contribution in [0.4, 0.5) is 0 Å². The van der Waals surface area contributed by atoms with Crippen molar-refractivity contribution in [1.82, 2.24) is 10.4 Å². The summed E-state index contributed by atoms with van der Waals surface area (Å²) in [6.45, 7) is 6.23. The van der Waals surface area contributed by atoms with Crippen LogP contribution in [-0.2, 0) is 4.84 Å². The van der Waals surface area contributed by atoms with Crippen molar-refractivity contribution < 1.29 is 4.84 Å². The largest absolute Gasteiger partial charge is 0.301 e. The molecule has 0 aliphatic carbocycles. The first-order chi connectivity index (χ1) is 11.3. The van der Waals surface area contributed by atoms with Crippen molar-refractivity contribution in [3.05, 3.63) is 52.7 Å². The number of hydrogen-bond acceptors (Lipinski definition) is 3. The first-order valence-corrected chi connectivity index (χ1v) is 8.89. The molecule has 2 rings (SSSR count). The van der Waals surface area contributed by atoms with E-state index in [1.165, 1.54) is 32.4 Å². The summed E-state index contributed by atoms with van der Waals surface area (Å²) in [5, 5.41) is 0.755. The Hall–Kier alpha value is -1.29. The van der Waals surface area contributed by atoms with Crippen molar-refractivity contribution in [2.24, 2.45) is 0 Å². The van der Waals surface area contributed by atoms with Gasteiger partial charge in [0.25, 0.3) is 0 Å². The Labute approximate surface area is 144 Å². The van der Waals surface area contributed by atoms with Gasteiger partial charge in [0.05, 0.1) is 12.3 Å². The van der Waals surface area contributed by atoms with Crippen molar-refractivity contribution in [2.75, 3.05) is 26.2 Å². The van der Waals surface area contributed by atoms with E-state index in [0.717, 1.165) is 29.2 Å². The lowest BCUT2D eigenvalue weighted by atomic mass is 10.1. The minimum atomic E-state index is 0.704. The van der Waals surface area contributed by atoms with Crippen LogP contribution >= 0.6 is 11.6 Å². The molecule has 1 aliphatic heterocycles. The van der Waals surface area contributed by atoms with E-state index >= 15 is 0 Å². The first-order valence-electron chi connectivity index (χ1n) is 8.52. The summed E-state index contributed by atoms with van der Waals surface area (Å²) in [4.78, 5) is 8.10. The molecule has 1 saturated heterocycles. The third kappa shape index (κ3) is 7.21. The van der Waals surface area contributed by atoms with Crippen LogP contribution in [0.3, 0.4) is 0 Å². The van der Waals surface area contributed by atoms with E-state index in [1.54, 1.807) is 0 Å². The molecule has 1 heterocycles. The Morgan fingerprint density at radius 2 is 1.96 bits per heavy atom. The van der Waals surface area contributed by atoms with Gasteiger partial charge >= 0.3 is 0 Å². The van der Waals surface area contributed by atoms with Crippen molar-refractivity contribution in [3.8, 4) is 0 Å². The minimum absolute atomic E-state index is 0.704. The lowest BCUT2D eigenvalue weighted by molar-refractivity contribution is 0.0431. The number of likely N-dealkylation sites (tertiary alicyclic amines) is 1. The van der Waals surface area contributed by atoms with Crippen molar-refractivity contribution in [1.29, 1.82) is 0 Å². The van der Waals surface area contributed by atoms with Crippen LogP contribution in [0.25, 0.3) is 6.08 Å². The molecule has 1 fully saturated rings. The molecule has 126 valence electrons. The maximum Gasteiger partial charge on any atom is 0.0873 e. The number of hydroxylamine groups is 1. The second-order valence-corrected chi connectivity index (χ2v) is 6.24. The molecule has 0 radical (unpaired) electrons. The van der Waals surface area contributed by atoms with Gasteiger partial charge in [-0.25, -0.2) is 0 Å². The Morgan fingerprint density at radius 3 is 2.65 bits per heavy atom. The zero-order valence-corrected chi connectivity index (χ0v) is 14.7. The predicted octanol–water partition coefficient (Wildman–Crippen LogP) is 4.65. The number of piperidine rings is 1. The summed E-state index contributed by atoms with van der Waals surface area (Å²) in [5.74, 6) is 0. The zero-order chi connectivity index (χ0) is 16.3. The summed E-state index contributed by atoms with van der Waals surface area (Å²) in [7, 11) is 0. The molecule has 4 heteroatoms. The fraction of sp³-hybridized carbons (Fsp3) is 0.474. The molecule has 1 aromatic rings. The van der Waals surface area contributed by atoms with Crippen LogP contribution in [0.15, 0.2) is 42.1 Å². The minimum Gasteiger partial charge on any atom is -0.301 e. The highest BCUT2D eigenvalue weighted by molar-refractivity contribution is 6.30. The topological polar surface area (TPSA) is 24.5 Å². The van der Waals surface area contributed by atoms with Gasteiger partial charge < -0.3 is 4.90 Å². The Kier molecular flexibility index (Phi) is 8.23. The fourth-order valence-corrected chi connectivity index (χ4v) is 2.74. The number of nitrogens with zero attached hydrogens (tertiary/aromatic N) is 1. The number of rotatable bonds is 8. The monoisotopic (exact) mass is 334 g/mol. The van der Waals surface area contributed by atoms with Gasteiger partial charge in [-0.15, -0.1) is 0 Å². The summed E-state index contributed by atoms with van der Waals surface area (Å²) in [6.07, 6.45) is 11.2. The lowest BCUT2D eigenvalue weighted by Gasteiger charge is -2.26. The lowest BCUT2D eigenvalue weighted by Crippen LogP contribution is -2.33. The second kappa shape index (κ2) is 10.5. The first kappa shape index (κ1) is 18.1. The van der Waals surface area contributed by atoms with Crippen molar-refractivity contribution in [3.63, 3.8) is 0 Å². The average molecular weight is 335 g/mol. The standard InChI is InChI=1S/C19H27ClN2O/c1-2-6-19(12-9-17-7-10-18(20)11-8-17)21-23-16-15-22-13-4-3-5-14-22/h6-12,21H,2-5,13-16H2,1H3. The molecule has 3 nitrogen and oxygen atoms in total. The summed E-state index contributed by atoms with van der Waals surface area (Å²) in [6, 6.07) is 7.79. The summed E-state index contributed by atoms with van der Waals surface area (Å²) in [5.41, 5.74) is 5.17. The molecule has 0 unspecified atom stereocenters. The zero-order valence-electron chi connectivity index (χ0n) is 13.9. The molecule has 0 amide bonds. The molecular formula is C19H27ClN2O. The molecule has 1 aromatic carbocycles. The number of hydrogen-bond donors (Lipinski definition) is 1. The van der Waals surface area contributed by atoms with Gasteiger partial charge in [0.1, 0.15) is 0 Å². The van der Waals surface area contributed by atoms with E-state index in [4.69, 9.17) is 16.4 Å². The Bertz CT molecular complexity index is 505. The molecule has 0 aromatic heterocycles. The van der Waals surface area contributed by atoms with Gasteiger partial charge in [-0.1, -0.05) is 49.2 Å². The molecule has 1 aliphatic rings. The van der Waals surface area contributed by atoms with Crippen LogP contribution in [0.1, 0.15) is 38.2 Å². The third-order valence-electron chi connectivity index (χ3n) is 3.90. The summed E-state index contributed by atoms with van der Waals surface area (Å²) >= 11 is 5.90. The van der Waals surface area contributed by atoms with E-state index in [-0.39, 0.29) is 0 Å². The molecule has 0 spiro atoms. The van der Waals surface area contributed by atoms with Crippen LogP contribution in [0.2, 0.25) is 5.02 Å². The van der Waals surface area contributed by atoms with Gasteiger partial charge in [-0.2, -0.15) is 0 Å². The Morgan fingerprint density at radius 1 is 1.22 bits per heavy atom. The van der Waals surface area contributed by atoms with Crippen molar-refractivity contribution in [2.45, 2.75) is 32.6 Å². The molecule has 0 atom stereocenters. The fourth-order valence-electron chi connectivity index (χ4n) is 2.62. The molecule has 0 saturated carbocycles. The van der Waals surface area contributed by atoms with Gasteiger partial charge in [-0.05, 0) is 56.1 Å². The van der Waals surface area contributed by atoms with E-state index in [0.29, 0.717) is 6.61 Å². The predicted molar refractivity (Wildman–Crippen MR) is 98.2 cm³/mol. The van der Waals surface area contributed by atoms with Crippen molar-refractivity contribution >= 4 is 17.7 Å². The SMILES string of the molecule is CCC=C(C=Cc1ccc(Cl)cc1)NOCCN1CCCCC1. The van der Waals surface area contributed by atoms with Gasteiger partial charge in [0.2, 0.25) is 0 Å². The van der Waals surface area contributed by atoms with Crippen LogP contribution < -0.4 is 5.48 Å². The van der Waals surface area contributed by atoms with E-state index in [1.807, 2.05) is 30.3 Å². The maximum absolute atomic E-state index is 5.90. The number of allylic oxidation sites excluding steroid dienone is 2. The quantitative estimate of drug-likeness (QED) is 0.425.